The first kappa shape index (κ1) is 15.6. The molecule has 1 N–H and O–H groups in total. The monoisotopic (exact) mass is 267 g/mol. The Morgan fingerprint density at radius 3 is 2.68 bits per heavy atom. The van der Waals surface area contributed by atoms with Crippen LogP contribution in [0.15, 0.2) is 24.3 Å². The molecule has 0 aliphatic heterocycles. The van der Waals surface area contributed by atoms with Crippen LogP contribution in [0.1, 0.15) is 10.4 Å². The van der Waals surface area contributed by atoms with Gasteiger partial charge in [-0.05, 0) is 19.2 Å². The van der Waals surface area contributed by atoms with Crippen LogP contribution in [0, 0.1) is 0 Å². The summed E-state index contributed by atoms with van der Waals surface area (Å²) in [5.41, 5.74) is 0.554. The van der Waals surface area contributed by atoms with Gasteiger partial charge in [-0.1, -0.05) is 12.1 Å². The van der Waals surface area contributed by atoms with Crippen molar-refractivity contribution in [3.63, 3.8) is 0 Å². The number of benzene rings is 1. The molecule has 0 amide bonds. The molecule has 0 bridgehead atoms. The van der Waals surface area contributed by atoms with Crippen LogP contribution in [-0.4, -0.2) is 62.9 Å². The minimum absolute atomic E-state index is 0.0374. The Hall–Kier alpha value is -1.43. The normalized spacial score (nSPS) is 12.5. The SMILES string of the molecule is COCC(O)CN(C)CC(=O)c1ccccc1OC. The van der Waals surface area contributed by atoms with E-state index in [9.17, 15) is 9.90 Å². The summed E-state index contributed by atoms with van der Waals surface area (Å²) < 4.78 is 10.0. The number of aliphatic hydroxyl groups excluding tert-OH is 1. The number of nitrogens with zero attached hydrogens (tertiary/aromatic N) is 1. The fourth-order valence-electron chi connectivity index (χ4n) is 1.87. The fraction of sp³-hybridized carbons (Fsp3) is 0.500. The highest BCUT2D eigenvalue weighted by Crippen LogP contribution is 2.17. The van der Waals surface area contributed by atoms with Crippen LogP contribution in [0.25, 0.3) is 0 Å². The van der Waals surface area contributed by atoms with Gasteiger partial charge in [-0.15, -0.1) is 0 Å². The zero-order chi connectivity index (χ0) is 14.3. The second kappa shape index (κ2) is 7.89. The second-order valence-electron chi connectivity index (χ2n) is 4.43. The zero-order valence-corrected chi connectivity index (χ0v) is 11.6. The minimum atomic E-state index is -0.597. The number of aliphatic hydroxyl groups is 1. The maximum absolute atomic E-state index is 12.1. The summed E-state index contributed by atoms with van der Waals surface area (Å²) in [6.45, 7) is 0.864. The molecule has 0 fully saturated rings. The van der Waals surface area contributed by atoms with E-state index in [2.05, 4.69) is 0 Å². The molecule has 0 radical (unpaired) electrons. The summed E-state index contributed by atoms with van der Waals surface area (Å²) in [6, 6.07) is 7.12. The van der Waals surface area contributed by atoms with Gasteiger partial charge in [-0.25, -0.2) is 0 Å². The van der Waals surface area contributed by atoms with Crippen LogP contribution in [0.2, 0.25) is 0 Å². The van der Waals surface area contributed by atoms with Crippen molar-refractivity contribution in [3.05, 3.63) is 29.8 Å². The molecule has 0 saturated heterocycles. The number of ether oxygens (including phenoxy) is 2. The van der Waals surface area contributed by atoms with E-state index < -0.39 is 6.10 Å². The summed E-state index contributed by atoms with van der Waals surface area (Å²) >= 11 is 0. The number of methoxy groups -OCH3 is 2. The standard InChI is InChI=1S/C14H21NO4/c1-15(8-11(16)10-18-2)9-13(17)12-6-4-5-7-14(12)19-3/h4-7,11,16H,8-10H2,1-3H3. The van der Waals surface area contributed by atoms with Gasteiger partial charge < -0.3 is 14.6 Å². The van der Waals surface area contributed by atoms with E-state index in [1.807, 2.05) is 6.07 Å². The van der Waals surface area contributed by atoms with Gasteiger partial charge in [-0.2, -0.15) is 0 Å². The summed E-state index contributed by atoms with van der Waals surface area (Å²) in [5.74, 6) is 0.530. The van der Waals surface area contributed by atoms with E-state index in [0.29, 0.717) is 17.9 Å². The first-order valence-electron chi connectivity index (χ1n) is 6.10. The summed E-state index contributed by atoms with van der Waals surface area (Å²) in [6.07, 6.45) is -0.597. The number of Topliss-reactive ketones (excluding diaryl/α,β-unsaturated/α-hetero) is 1. The molecule has 1 rings (SSSR count). The molecule has 1 aromatic rings. The average Bonchev–Trinajstić information content (AvgIpc) is 2.38. The van der Waals surface area contributed by atoms with Gasteiger partial charge in [0.15, 0.2) is 5.78 Å². The van der Waals surface area contributed by atoms with Crippen molar-refractivity contribution in [1.82, 2.24) is 4.90 Å². The number of ketones is 1. The van der Waals surface area contributed by atoms with Gasteiger partial charge in [0.25, 0.3) is 0 Å². The lowest BCUT2D eigenvalue weighted by molar-refractivity contribution is 0.0427. The molecule has 0 aromatic heterocycles. The van der Waals surface area contributed by atoms with E-state index in [0.717, 1.165) is 0 Å². The predicted molar refractivity (Wildman–Crippen MR) is 72.7 cm³/mol. The van der Waals surface area contributed by atoms with Gasteiger partial charge in [0.1, 0.15) is 5.75 Å². The van der Waals surface area contributed by atoms with Gasteiger partial charge >= 0.3 is 0 Å². The summed E-state index contributed by atoms with van der Waals surface area (Å²) in [5, 5.41) is 9.60. The molecule has 1 aromatic carbocycles. The van der Waals surface area contributed by atoms with Crippen molar-refractivity contribution < 1.29 is 19.4 Å². The number of para-hydroxylation sites is 1. The lowest BCUT2D eigenvalue weighted by atomic mass is 10.1. The highest BCUT2D eigenvalue weighted by molar-refractivity contribution is 6.00. The van der Waals surface area contributed by atoms with Crippen LogP contribution in [0.3, 0.4) is 0 Å². The van der Waals surface area contributed by atoms with Crippen molar-refractivity contribution in [2.75, 3.05) is 41.0 Å². The van der Waals surface area contributed by atoms with E-state index >= 15 is 0 Å². The van der Waals surface area contributed by atoms with E-state index in [4.69, 9.17) is 9.47 Å². The summed E-state index contributed by atoms with van der Waals surface area (Å²) in [7, 11) is 4.85. The van der Waals surface area contributed by atoms with Crippen molar-refractivity contribution >= 4 is 5.78 Å². The third-order valence-corrected chi connectivity index (χ3v) is 2.70. The Labute approximate surface area is 113 Å². The summed E-state index contributed by atoms with van der Waals surface area (Å²) in [4.78, 5) is 13.9. The number of hydrogen-bond acceptors (Lipinski definition) is 5. The topological polar surface area (TPSA) is 59.0 Å². The third kappa shape index (κ3) is 4.98. The Morgan fingerprint density at radius 2 is 2.05 bits per heavy atom. The van der Waals surface area contributed by atoms with Gasteiger partial charge in [0, 0.05) is 13.7 Å². The molecular formula is C14H21NO4. The zero-order valence-electron chi connectivity index (χ0n) is 11.6. The fourth-order valence-corrected chi connectivity index (χ4v) is 1.87. The molecule has 1 atom stereocenters. The molecule has 19 heavy (non-hydrogen) atoms. The molecular weight excluding hydrogens is 246 g/mol. The molecule has 5 heteroatoms. The third-order valence-electron chi connectivity index (χ3n) is 2.70. The average molecular weight is 267 g/mol. The Morgan fingerprint density at radius 1 is 1.37 bits per heavy atom. The minimum Gasteiger partial charge on any atom is -0.496 e. The van der Waals surface area contributed by atoms with E-state index in [1.54, 1.807) is 30.1 Å². The predicted octanol–water partition coefficient (Wildman–Crippen LogP) is 0.817. The maximum atomic E-state index is 12.1. The van der Waals surface area contributed by atoms with Gasteiger partial charge in [0.2, 0.25) is 0 Å². The van der Waals surface area contributed by atoms with Crippen LogP contribution < -0.4 is 4.74 Å². The number of carbonyl (C=O) groups is 1. The van der Waals surface area contributed by atoms with Crippen molar-refractivity contribution in [2.45, 2.75) is 6.10 Å². The number of likely N-dealkylation sites (N-methyl/N-ethyl adjacent to an activating group) is 1. The Balaban J connectivity index is 2.59. The molecule has 0 heterocycles. The van der Waals surface area contributed by atoms with Gasteiger partial charge in [0.05, 0.1) is 31.9 Å². The molecule has 0 aliphatic rings. The van der Waals surface area contributed by atoms with Crippen LogP contribution >= 0.6 is 0 Å². The first-order chi connectivity index (χ1) is 9.08. The van der Waals surface area contributed by atoms with Crippen molar-refractivity contribution in [2.24, 2.45) is 0 Å². The van der Waals surface area contributed by atoms with Crippen LogP contribution in [-0.2, 0) is 4.74 Å². The Kier molecular flexibility index (Phi) is 6.49. The van der Waals surface area contributed by atoms with E-state index in [-0.39, 0.29) is 18.9 Å². The maximum Gasteiger partial charge on any atom is 0.180 e. The number of rotatable bonds is 8. The lowest BCUT2D eigenvalue weighted by Gasteiger charge is -2.19. The molecule has 0 aliphatic carbocycles. The lowest BCUT2D eigenvalue weighted by Crippen LogP contribution is -2.35. The highest BCUT2D eigenvalue weighted by atomic mass is 16.5. The second-order valence-corrected chi connectivity index (χ2v) is 4.43. The molecule has 0 spiro atoms. The van der Waals surface area contributed by atoms with Crippen molar-refractivity contribution in [3.8, 4) is 5.75 Å². The van der Waals surface area contributed by atoms with E-state index in [1.165, 1.54) is 14.2 Å². The molecule has 5 nitrogen and oxygen atoms in total. The van der Waals surface area contributed by atoms with Crippen LogP contribution in [0.4, 0.5) is 0 Å². The quantitative estimate of drug-likeness (QED) is 0.707. The smallest absolute Gasteiger partial charge is 0.180 e. The molecule has 106 valence electrons. The molecule has 1 unspecified atom stereocenters. The first-order valence-corrected chi connectivity index (χ1v) is 6.10. The largest absolute Gasteiger partial charge is 0.496 e. The molecule has 0 saturated carbocycles. The highest BCUT2D eigenvalue weighted by Gasteiger charge is 2.15. The number of hydrogen-bond donors (Lipinski definition) is 1. The van der Waals surface area contributed by atoms with Crippen LogP contribution in [0.5, 0.6) is 5.75 Å². The number of carbonyl (C=O) groups excluding carboxylic acids is 1. The Bertz CT molecular complexity index is 408. The van der Waals surface area contributed by atoms with Crippen molar-refractivity contribution in [1.29, 1.82) is 0 Å². The van der Waals surface area contributed by atoms with Gasteiger partial charge in [-0.3, -0.25) is 9.69 Å².